The van der Waals surface area contributed by atoms with E-state index in [0.717, 1.165) is 17.7 Å². The van der Waals surface area contributed by atoms with Crippen molar-refractivity contribution in [2.24, 2.45) is 0 Å². The summed E-state index contributed by atoms with van der Waals surface area (Å²) < 4.78 is 5.39. The number of hydrogen-bond donors (Lipinski definition) is 2. The minimum atomic E-state index is -0.149. The van der Waals surface area contributed by atoms with Gasteiger partial charge in [-0.25, -0.2) is 0 Å². The highest BCUT2D eigenvalue weighted by molar-refractivity contribution is 6.04. The van der Waals surface area contributed by atoms with Crippen LogP contribution in [0.15, 0.2) is 30.5 Å². The van der Waals surface area contributed by atoms with E-state index in [-0.39, 0.29) is 5.91 Å². The molecule has 2 aromatic rings. The van der Waals surface area contributed by atoms with Crippen LogP contribution in [0.2, 0.25) is 0 Å². The van der Waals surface area contributed by atoms with Crippen LogP contribution < -0.4 is 10.1 Å². The lowest BCUT2D eigenvalue weighted by molar-refractivity contribution is 0.102. The Labute approximate surface area is 97.8 Å². The maximum atomic E-state index is 11.9. The van der Waals surface area contributed by atoms with Gasteiger partial charge in [0.15, 0.2) is 0 Å². The molecule has 0 saturated carbocycles. The molecule has 0 fully saturated rings. The quantitative estimate of drug-likeness (QED) is 0.821. The van der Waals surface area contributed by atoms with E-state index in [4.69, 9.17) is 4.74 Å². The Morgan fingerprint density at radius 3 is 3.18 bits per heavy atom. The Balaban J connectivity index is 1.82. The lowest BCUT2D eigenvalue weighted by Gasteiger charge is -2.04. The number of nitrogens with one attached hydrogen (secondary N) is 2. The van der Waals surface area contributed by atoms with E-state index in [0.29, 0.717) is 18.0 Å². The van der Waals surface area contributed by atoms with Crippen molar-refractivity contribution in [2.75, 3.05) is 11.9 Å². The Hall–Kier alpha value is -2.30. The van der Waals surface area contributed by atoms with Crippen molar-refractivity contribution in [3.8, 4) is 5.75 Å². The second kappa shape index (κ2) is 3.93. The van der Waals surface area contributed by atoms with Gasteiger partial charge >= 0.3 is 0 Å². The molecule has 3 rings (SSSR count). The zero-order valence-corrected chi connectivity index (χ0v) is 9.06. The van der Waals surface area contributed by atoms with Crippen LogP contribution in [0.1, 0.15) is 15.9 Å². The molecule has 0 saturated heterocycles. The predicted octanol–water partition coefficient (Wildman–Crippen LogP) is 1.60. The number of carbonyl (C=O) groups is 1. The molecule has 0 radical (unpaired) electrons. The fraction of sp³-hybridized carbons (Fsp3) is 0.167. The average molecular weight is 229 g/mol. The number of fused-ring (bicyclic) bond motifs is 1. The summed E-state index contributed by atoms with van der Waals surface area (Å²) >= 11 is 0. The fourth-order valence-corrected chi connectivity index (χ4v) is 1.85. The van der Waals surface area contributed by atoms with Crippen molar-refractivity contribution in [3.05, 3.63) is 41.6 Å². The molecule has 0 unspecified atom stereocenters. The molecule has 86 valence electrons. The first kappa shape index (κ1) is 9.89. The predicted molar refractivity (Wildman–Crippen MR) is 62.2 cm³/mol. The van der Waals surface area contributed by atoms with Crippen molar-refractivity contribution in [1.29, 1.82) is 0 Å². The maximum absolute atomic E-state index is 11.9. The lowest BCUT2D eigenvalue weighted by atomic mass is 10.1. The monoisotopic (exact) mass is 229 g/mol. The number of benzene rings is 1. The zero-order valence-electron chi connectivity index (χ0n) is 9.06. The van der Waals surface area contributed by atoms with Crippen molar-refractivity contribution in [3.63, 3.8) is 0 Å². The van der Waals surface area contributed by atoms with Crippen LogP contribution >= 0.6 is 0 Å². The molecule has 5 nitrogen and oxygen atoms in total. The number of anilines is 1. The minimum Gasteiger partial charge on any atom is -0.493 e. The lowest BCUT2D eigenvalue weighted by Crippen LogP contribution is -2.12. The summed E-state index contributed by atoms with van der Waals surface area (Å²) in [6, 6.07) is 7.17. The molecule has 0 spiro atoms. The number of ether oxygens (including phenoxy) is 1. The second-order valence-corrected chi connectivity index (χ2v) is 3.85. The number of aromatic nitrogens is 2. The Morgan fingerprint density at radius 1 is 1.41 bits per heavy atom. The molecule has 2 N–H and O–H groups in total. The van der Waals surface area contributed by atoms with Gasteiger partial charge in [0, 0.05) is 18.1 Å². The van der Waals surface area contributed by atoms with Gasteiger partial charge in [0.1, 0.15) is 11.6 Å². The van der Waals surface area contributed by atoms with Crippen LogP contribution in [-0.2, 0) is 6.42 Å². The number of H-pyrrole nitrogens is 1. The van der Waals surface area contributed by atoms with Gasteiger partial charge < -0.3 is 10.1 Å². The summed E-state index contributed by atoms with van der Waals surface area (Å²) in [5, 5.41) is 9.18. The van der Waals surface area contributed by atoms with Gasteiger partial charge in [0.2, 0.25) is 0 Å². The van der Waals surface area contributed by atoms with E-state index in [2.05, 4.69) is 15.5 Å². The molecular formula is C12H11N3O2. The van der Waals surface area contributed by atoms with Gasteiger partial charge in [-0.2, -0.15) is 5.10 Å². The molecule has 1 aliphatic rings. The fourth-order valence-electron chi connectivity index (χ4n) is 1.85. The van der Waals surface area contributed by atoms with Gasteiger partial charge in [-0.3, -0.25) is 9.89 Å². The highest BCUT2D eigenvalue weighted by Crippen LogP contribution is 2.26. The number of hydrogen-bond acceptors (Lipinski definition) is 3. The zero-order chi connectivity index (χ0) is 11.7. The molecule has 0 atom stereocenters. The van der Waals surface area contributed by atoms with Crippen LogP contribution in [0.4, 0.5) is 5.82 Å². The summed E-state index contributed by atoms with van der Waals surface area (Å²) in [7, 11) is 0. The molecule has 0 aliphatic carbocycles. The van der Waals surface area contributed by atoms with Crippen LogP contribution in [0.5, 0.6) is 5.75 Å². The van der Waals surface area contributed by atoms with Gasteiger partial charge in [0.05, 0.1) is 12.8 Å². The van der Waals surface area contributed by atoms with Gasteiger partial charge in [-0.05, 0) is 23.8 Å². The first-order chi connectivity index (χ1) is 8.33. The van der Waals surface area contributed by atoms with E-state index in [9.17, 15) is 4.79 Å². The average Bonchev–Trinajstić information content (AvgIpc) is 2.97. The Kier molecular flexibility index (Phi) is 2.29. The molecule has 1 aliphatic heterocycles. The van der Waals surface area contributed by atoms with Crippen molar-refractivity contribution < 1.29 is 9.53 Å². The van der Waals surface area contributed by atoms with E-state index >= 15 is 0 Å². The summed E-state index contributed by atoms with van der Waals surface area (Å²) in [4.78, 5) is 11.9. The number of aromatic amines is 1. The maximum Gasteiger partial charge on any atom is 0.256 e. The number of nitrogens with zero attached hydrogens (tertiary/aromatic N) is 1. The molecule has 2 heterocycles. The van der Waals surface area contributed by atoms with Crippen LogP contribution in [0.3, 0.4) is 0 Å². The summed E-state index contributed by atoms with van der Waals surface area (Å²) in [5.41, 5.74) is 1.71. The third-order valence-electron chi connectivity index (χ3n) is 2.70. The number of rotatable bonds is 2. The third kappa shape index (κ3) is 1.87. The molecule has 5 heteroatoms. The van der Waals surface area contributed by atoms with Crippen molar-refractivity contribution in [2.45, 2.75) is 6.42 Å². The standard InChI is InChI=1S/C12H11N3O2/c16-12(14-11-3-5-13-15-11)9-1-2-10-8(7-9)4-6-17-10/h1-3,5,7H,4,6H2,(H2,13,14,15,16). The number of amides is 1. The minimum absolute atomic E-state index is 0.149. The summed E-state index contributed by atoms with van der Waals surface area (Å²) in [5.74, 6) is 1.32. The highest BCUT2D eigenvalue weighted by Gasteiger charge is 2.15. The van der Waals surface area contributed by atoms with Crippen LogP contribution in [0, 0.1) is 0 Å². The molecule has 1 aromatic heterocycles. The molecule has 0 bridgehead atoms. The molecule has 1 aromatic carbocycles. The van der Waals surface area contributed by atoms with Gasteiger partial charge in [-0.15, -0.1) is 0 Å². The van der Waals surface area contributed by atoms with Crippen LogP contribution in [0.25, 0.3) is 0 Å². The van der Waals surface area contributed by atoms with Crippen molar-refractivity contribution >= 4 is 11.7 Å². The summed E-state index contributed by atoms with van der Waals surface area (Å²) in [6.07, 6.45) is 2.45. The first-order valence-corrected chi connectivity index (χ1v) is 5.39. The van der Waals surface area contributed by atoms with E-state index < -0.39 is 0 Å². The Bertz CT molecular complexity index is 549. The van der Waals surface area contributed by atoms with Gasteiger partial charge in [0.25, 0.3) is 5.91 Å². The van der Waals surface area contributed by atoms with E-state index in [1.54, 1.807) is 18.3 Å². The van der Waals surface area contributed by atoms with Crippen molar-refractivity contribution in [1.82, 2.24) is 10.2 Å². The second-order valence-electron chi connectivity index (χ2n) is 3.85. The largest absolute Gasteiger partial charge is 0.493 e. The topological polar surface area (TPSA) is 67.0 Å². The van der Waals surface area contributed by atoms with Crippen LogP contribution in [-0.4, -0.2) is 22.7 Å². The summed E-state index contributed by atoms with van der Waals surface area (Å²) in [6.45, 7) is 0.695. The first-order valence-electron chi connectivity index (χ1n) is 5.39. The normalized spacial score (nSPS) is 12.9. The third-order valence-corrected chi connectivity index (χ3v) is 2.70. The Morgan fingerprint density at radius 2 is 2.35 bits per heavy atom. The van der Waals surface area contributed by atoms with E-state index in [1.165, 1.54) is 0 Å². The van der Waals surface area contributed by atoms with E-state index in [1.807, 2.05) is 12.1 Å². The molecular weight excluding hydrogens is 218 g/mol. The highest BCUT2D eigenvalue weighted by atomic mass is 16.5. The van der Waals surface area contributed by atoms with Gasteiger partial charge in [-0.1, -0.05) is 0 Å². The SMILES string of the molecule is O=C(Nc1ccn[nH]1)c1ccc2c(c1)CCO2. The smallest absolute Gasteiger partial charge is 0.256 e. The molecule has 17 heavy (non-hydrogen) atoms. The molecule has 1 amide bonds. The number of carbonyl (C=O) groups excluding carboxylic acids is 1.